The Balaban J connectivity index is 0.000000240. The fourth-order valence-electron chi connectivity index (χ4n) is 10.4. The van der Waals surface area contributed by atoms with Gasteiger partial charge in [-0.2, -0.15) is 0 Å². The van der Waals surface area contributed by atoms with Crippen LogP contribution in [0.25, 0.3) is 83.8 Å². The summed E-state index contributed by atoms with van der Waals surface area (Å²) in [6.45, 7) is 2.20. The van der Waals surface area contributed by atoms with E-state index in [1.54, 1.807) is 6.08 Å². The summed E-state index contributed by atoms with van der Waals surface area (Å²) in [6.07, 6.45) is 1.69. The molecule has 2 aromatic heterocycles. The second-order valence-corrected chi connectivity index (χ2v) is 17.5. The smallest absolute Gasteiger partial charge is 0.160 e. The average Bonchev–Trinajstić information content (AvgIpc) is 4.03. The third-order valence-electron chi connectivity index (χ3n) is 13.5. The molecule has 9 aromatic carbocycles. The maximum atomic E-state index is 7.95. The molecule has 0 saturated carbocycles. The number of hydrogen-bond donors (Lipinski definition) is 2. The van der Waals surface area contributed by atoms with Gasteiger partial charge in [0.05, 0.1) is 22.5 Å². The SMILES string of the molecule is Cc1ccc2c(c1)C1(c3cc(-c4nc(-c5ccccc5)cc(-c5ccccc5)n4)ccc3-2)c2ccccc2-c2c1ccc1c2oc2ccccc21.N=C(/C=C(\N)c1ccccc1)c1ccccc1. The van der Waals surface area contributed by atoms with Gasteiger partial charge in [-0.1, -0.05) is 212 Å². The van der Waals surface area contributed by atoms with Crippen molar-refractivity contribution in [3.05, 3.63) is 269 Å². The molecule has 0 bridgehead atoms. The number of aromatic nitrogens is 2. The summed E-state index contributed by atoms with van der Waals surface area (Å²) in [5, 5.41) is 10.2. The van der Waals surface area contributed by atoms with Crippen LogP contribution in [0.4, 0.5) is 0 Å². The Kier molecular flexibility index (Phi) is 9.84. The van der Waals surface area contributed by atoms with Gasteiger partial charge in [-0.3, -0.25) is 0 Å². The molecule has 68 heavy (non-hydrogen) atoms. The molecule has 322 valence electrons. The van der Waals surface area contributed by atoms with Gasteiger partial charge in [0.15, 0.2) is 5.82 Å². The molecule has 5 heteroatoms. The Bertz CT molecular complexity index is 3710. The van der Waals surface area contributed by atoms with E-state index < -0.39 is 5.41 Å². The molecular formula is C63H44N4O. The molecule has 2 heterocycles. The van der Waals surface area contributed by atoms with Gasteiger partial charge < -0.3 is 15.6 Å². The first-order valence-corrected chi connectivity index (χ1v) is 22.9. The van der Waals surface area contributed by atoms with E-state index >= 15 is 0 Å². The van der Waals surface area contributed by atoms with Crippen LogP contribution in [0.1, 0.15) is 38.9 Å². The lowest BCUT2D eigenvalue weighted by atomic mass is 9.70. The van der Waals surface area contributed by atoms with Crippen molar-refractivity contribution < 1.29 is 4.42 Å². The summed E-state index contributed by atoms with van der Waals surface area (Å²) in [6, 6.07) is 77.8. The molecule has 11 aromatic rings. The molecule has 0 aliphatic heterocycles. The van der Waals surface area contributed by atoms with Crippen LogP contribution in [0.3, 0.4) is 0 Å². The molecule has 3 N–H and O–H groups in total. The van der Waals surface area contributed by atoms with Crippen LogP contribution in [-0.4, -0.2) is 15.7 Å². The van der Waals surface area contributed by atoms with E-state index in [2.05, 4.69) is 153 Å². The first kappa shape index (κ1) is 40.6. The van der Waals surface area contributed by atoms with Gasteiger partial charge in [-0.15, -0.1) is 0 Å². The molecule has 0 saturated heterocycles. The van der Waals surface area contributed by atoms with Crippen molar-refractivity contribution >= 4 is 33.3 Å². The quantitative estimate of drug-likeness (QED) is 0.163. The molecule has 2 aliphatic rings. The summed E-state index contributed by atoms with van der Waals surface area (Å²) in [5.41, 5.74) is 26.3. The standard InChI is InChI=1S/C48H30N2O.C15H14N2/c1-29-20-22-33-34-23-21-32(47-49-42(30-12-4-2-5-13-30)28-43(50-47)31-14-6-3-7-15-31)27-41(34)48(40(33)26-29)38-18-10-8-17-37(38)45-39(48)25-24-36-35-16-9-11-19-44(35)51-46(36)45;16-14(12-7-3-1-4-8-12)11-15(17)13-9-5-2-6-10-13/h2-28H,1H3;1-11,16H,17H2/b;15-11-,16-14?. The Morgan fingerprint density at radius 3 is 1.75 bits per heavy atom. The van der Waals surface area contributed by atoms with Gasteiger partial charge >= 0.3 is 0 Å². The van der Waals surface area contributed by atoms with E-state index in [9.17, 15) is 0 Å². The lowest BCUT2D eigenvalue weighted by Crippen LogP contribution is -2.26. The number of nitrogens with two attached hydrogens (primary N) is 1. The Hall–Kier alpha value is -8.93. The number of furan rings is 1. The molecule has 0 amide bonds. The largest absolute Gasteiger partial charge is 0.455 e. The number of aryl methyl sites for hydroxylation is 1. The van der Waals surface area contributed by atoms with Crippen molar-refractivity contribution in [3.63, 3.8) is 0 Å². The van der Waals surface area contributed by atoms with E-state index in [-0.39, 0.29) is 0 Å². The van der Waals surface area contributed by atoms with Crippen molar-refractivity contribution in [1.29, 1.82) is 5.41 Å². The van der Waals surface area contributed by atoms with Crippen LogP contribution in [0, 0.1) is 12.3 Å². The summed E-state index contributed by atoms with van der Waals surface area (Å²) >= 11 is 0. The number of hydrogen-bond acceptors (Lipinski definition) is 5. The lowest BCUT2D eigenvalue weighted by molar-refractivity contribution is 0.669. The minimum absolute atomic E-state index is 0.423. The highest BCUT2D eigenvalue weighted by Crippen LogP contribution is 2.64. The number of nitrogens with one attached hydrogen (secondary N) is 1. The molecule has 5 nitrogen and oxygen atoms in total. The van der Waals surface area contributed by atoms with Gasteiger partial charge in [-0.25, -0.2) is 9.97 Å². The fraction of sp³-hybridized carbons (Fsp3) is 0.0317. The highest BCUT2D eigenvalue weighted by atomic mass is 16.3. The van der Waals surface area contributed by atoms with Crippen LogP contribution < -0.4 is 5.73 Å². The number of para-hydroxylation sites is 1. The summed E-state index contributed by atoms with van der Waals surface area (Å²) in [7, 11) is 0. The van der Waals surface area contributed by atoms with E-state index in [0.29, 0.717) is 17.2 Å². The second kappa shape index (κ2) is 16.5. The Morgan fingerprint density at radius 1 is 0.485 bits per heavy atom. The number of benzene rings is 9. The van der Waals surface area contributed by atoms with Gasteiger partial charge in [0.25, 0.3) is 0 Å². The summed E-state index contributed by atoms with van der Waals surface area (Å²) in [5.74, 6) is 0.708. The van der Waals surface area contributed by atoms with Crippen molar-refractivity contribution in [2.75, 3.05) is 0 Å². The average molecular weight is 873 g/mol. The third kappa shape index (κ3) is 6.67. The van der Waals surface area contributed by atoms with Crippen molar-refractivity contribution in [1.82, 2.24) is 9.97 Å². The molecule has 0 fully saturated rings. The molecule has 1 spiro atoms. The van der Waals surface area contributed by atoms with Gasteiger partial charge in [0.1, 0.15) is 11.2 Å². The molecule has 2 aliphatic carbocycles. The van der Waals surface area contributed by atoms with Crippen LogP contribution >= 0.6 is 0 Å². The van der Waals surface area contributed by atoms with Gasteiger partial charge in [0.2, 0.25) is 0 Å². The summed E-state index contributed by atoms with van der Waals surface area (Å²) < 4.78 is 6.74. The van der Waals surface area contributed by atoms with Crippen LogP contribution in [-0.2, 0) is 5.41 Å². The normalized spacial score (nSPS) is 14.2. The first-order valence-electron chi connectivity index (χ1n) is 22.9. The maximum Gasteiger partial charge on any atom is 0.160 e. The third-order valence-corrected chi connectivity index (χ3v) is 13.5. The molecular weight excluding hydrogens is 829 g/mol. The molecule has 1 atom stereocenters. The minimum atomic E-state index is -0.537. The molecule has 13 rings (SSSR count). The Morgan fingerprint density at radius 2 is 1.06 bits per heavy atom. The summed E-state index contributed by atoms with van der Waals surface area (Å²) in [4.78, 5) is 10.5. The predicted molar refractivity (Wildman–Crippen MR) is 279 cm³/mol. The van der Waals surface area contributed by atoms with Crippen molar-refractivity contribution in [2.24, 2.45) is 5.73 Å². The zero-order chi connectivity index (χ0) is 45.8. The monoisotopic (exact) mass is 872 g/mol. The second-order valence-electron chi connectivity index (χ2n) is 17.5. The van der Waals surface area contributed by atoms with Crippen LogP contribution in [0.2, 0.25) is 0 Å². The zero-order valence-corrected chi connectivity index (χ0v) is 37.3. The topological polar surface area (TPSA) is 88.8 Å². The molecule has 1 unspecified atom stereocenters. The highest BCUT2D eigenvalue weighted by molar-refractivity contribution is 6.13. The van der Waals surface area contributed by atoms with Gasteiger partial charge in [0, 0.05) is 38.7 Å². The van der Waals surface area contributed by atoms with Crippen molar-refractivity contribution in [2.45, 2.75) is 12.3 Å². The lowest BCUT2D eigenvalue weighted by Gasteiger charge is -2.31. The number of rotatable bonds is 6. The minimum Gasteiger partial charge on any atom is -0.455 e. The van der Waals surface area contributed by atoms with Gasteiger partial charge in [-0.05, 0) is 81.3 Å². The number of nitrogens with zero attached hydrogens (tertiary/aromatic N) is 2. The molecule has 0 radical (unpaired) electrons. The van der Waals surface area contributed by atoms with Crippen LogP contribution in [0.5, 0.6) is 0 Å². The van der Waals surface area contributed by atoms with E-state index in [0.717, 1.165) is 61.1 Å². The highest BCUT2D eigenvalue weighted by Gasteiger charge is 2.52. The van der Waals surface area contributed by atoms with E-state index in [4.69, 9.17) is 25.5 Å². The van der Waals surface area contributed by atoms with E-state index in [1.165, 1.54) is 50.1 Å². The van der Waals surface area contributed by atoms with Crippen molar-refractivity contribution in [3.8, 4) is 56.2 Å². The number of fused-ring (bicyclic) bond motifs is 14. The maximum absolute atomic E-state index is 7.95. The number of allylic oxidation sites excluding steroid dienone is 1. The van der Waals surface area contributed by atoms with Crippen LogP contribution in [0.15, 0.2) is 235 Å². The predicted octanol–water partition coefficient (Wildman–Crippen LogP) is 15.1. The Labute approximate surface area is 395 Å². The fourth-order valence-corrected chi connectivity index (χ4v) is 10.4. The van der Waals surface area contributed by atoms with E-state index in [1.807, 2.05) is 78.9 Å². The zero-order valence-electron chi connectivity index (χ0n) is 37.3. The first-order chi connectivity index (χ1) is 33.5.